The Morgan fingerprint density at radius 1 is 1.18 bits per heavy atom. The van der Waals surface area contributed by atoms with Gasteiger partial charge in [-0.3, -0.25) is 0 Å². The van der Waals surface area contributed by atoms with Gasteiger partial charge < -0.3 is 14.4 Å². The van der Waals surface area contributed by atoms with Gasteiger partial charge in [-0.25, -0.2) is 4.79 Å². The van der Waals surface area contributed by atoms with Gasteiger partial charge in [0.25, 0.3) is 0 Å². The quantitative estimate of drug-likeness (QED) is 0.825. The molecule has 1 saturated carbocycles. The van der Waals surface area contributed by atoms with E-state index in [2.05, 4.69) is 0 Å². The van der Waals surface area contributed by atoms with E-state index in [0.717, 1.165) is 17.9 Å². The Morgan fingerprint density at radius 3 is 2.55 bits per heavy atom. The molecule has 1 aliphatic carbocycles. The summed E-state index contributed by atoms with van der Waals surface area (Å²) in [7, 11) is 0. The molecule has 0 bridgehead atoms. The van der Waals surface area contributed by atoms with Gasteiger partial charge in [0.2, 0.25) is 0 Å². The van der Waals surface area contributed by atoms with Gasteiger partial charge >= 0.3 is 6.09 Å². The molecular formula is C18H25NO3. The predicted molar refractivity (Wildman–Crippen MR) is 84.9 cm³/mol. The van der Waals surface area contributed by atoms with Crippen molar-refractivity contribution in [3.8, 4) is 5.75 Å². The van der Waals surface area contributed by atoms with Crippen molar-refractivity contribution in [3.63, 3.8) is 0 Å². The second kappa shape index (κ2) is 7.03. The summed E-state index contributed by atoms with van der Waals surface area (Å²) in [6, 6.07) is 8.07. The second-order valence-electron chi connectivity index (χ2n) is 6.53. The van der Waals surface area contributed by atoms with Crippen LogP contribution < -0.4 is 4.74 Å². The van der Waals surface area contributed by atoms with Crippen LogP contribution in [0.15, 0.2) is 24.3 Å². The smallest absolute Gasteiger partial charge is 0.410 e. The largest absolute Gasteiger partial charge is 0.493 e. The SMILES string of the molecule is C[C@@H]1CN(Cc2ccc(OCC3CCCCC3)cc2)C(=O)O1. The lowest BCUT2D eigenvalue weighted by Gasteiger charge is -2.21. The maximum Gasteiger partial charge on any atom is 0.410 e. The van der Waals surface area contributed by atoms with Crippen LogP contribution in [-0.4, -0.2) is 30.2 Å². The van der Waals surface area contributed by atoms with Crippen LogP contribution in [0.25, 0.3) is 0 Å². The van der Waals surface area contributed by atoms with Crippen molar-refractivity contribution in [2.45, 2.75) is 51.7 Å². The zero-order valence-electron chi connectivity index (χ0n) is 13.3. The molecule has 0 spiro atoms. The van der Waals surface area contributed by atoms with Crippen LogP contribution in [0.4, 0.5) is 4.79 Å². The standard InChI is InChI=1S/C18H25NO3/c1-14-11-19(18(20)22-14)12-15-7-9-17(10-8-15)21-13-16-5-3-2-4-6-16/h7-10,14,16H,2-6,11-13H2,1H3/t14-/m1/s1. The zero-order chi connectivity index (χ0) is 15.4. The summed E-state index contributed by atoms with van der Waals surface area (Å²) >= 11 is 0. The molecule has 1 saturated heterocycles. The monoisotopic (exact) mass is 303 g/mol. The van der Waals surface area contributed by atoms with E-state index in [4.69, 9.17) is 9.47 Å². The van der Waals surface area contributed by atoms with Gasteiger partial charge in [0.1, 0.15) is 11.9 Å². The molecule has 120 valence electrons. The number of cyclic esters (lactones) is 1. The first-order chi connectivity index (χ1) is 10.7. The maximum atomic E-state index is 11.6. The van der Waals surface area contributed by atoms with Crippen LogP contribution >= 0.6 is 0 Å². The van der Waals surface area contributed by atoms with E-state index in [0.29, 0.717) is 19.0 Å². The highest BCUT2D eigenvalue weighted by Crippen LogP contribution is 2.25. The molecule has 1 aromatic rings. The summed E-state index contributed by atoms with van der Waals surface area (Å²) in [5, 5.41) is 0. The molecule has 1 aromatic carbocycles. The fourth-order valence-corrected chi connectivity index (χ4v) is 3.28. The van der Waals surface area contributed by atoms with E-state index in [-0.39, 0.29) is 12.2 Å². The van der Waals surface area contributed by atoms with Gasteiger partial charge in [-0.15, -0.1) is 0 Å². The van der Waals surface area contributed by atoms with Gasteiger partial charge in [0.05, 0.1) is 13.2 Å². The van der Waals surface area contributed by atoms with E-state index >= 15 is 0 Å². The summed E-state index contributed by atoms with van der Waals surface area (Å²) in [5.74, 6) is 1.64. The van der Waals surface area contributed by atoms with Crippen molar-refractivity contribution < 1.29 is 14.3 Å². The molecule has 0 unspecified atom stereocenters. The third kappa shape index (κ3) is 3.93. The summed E-state index contributed by atoms with van der Waals surface area (Å²) in [4.78, 5) is 13.4. The molecular weight excluding hydrogens is 278 g/mol. The lowest BCUT2D eigenvalue weighted by molar-refractivity contribution is 0.137. The van der Waals surface area contributed by atoms with Gasteiger partial charge in [0.15, 0.2) is 0 Å². The number of carbonyl (C=O) groups excluding carboxylic acids is 1. The van der Waals surface area contributed by atoms with Crippen LogP contribution in [0.2, 0.25) is 0 Å². The first-order valence-electron chi connectivity index (χ1n) is 8.38. The number of ether oxygens (including phenoxy) is 2. The molecule has 22 heavy (non-hydrogen) atoms. The molecule has 0 aromatic heterocycles. The third-order valence-electron chi connectivity index (χ3n) is 4.54. The van der Waals surface area contributed by atoms with E-state index < -0.39 is 0 Å². The van der Waals surface area contributed by atoms with Crippen molar-refractivity contribution in [3.05, 3.63) is 29.8 Å². The van der Waals surface area contributed by atoms with Crippen molar-refractivity contribution in [2.24, 2.45) is 5.92 Å². The predicted octanol–water partition coefficient (Wildman–Crippen LogP) is 3.99. The van der Waals surface area contributed by atoms with Crippen molar-refractivity contribution in [2.75, 3.05) is 13.2 Å². The Morgan fingerprint density at radius 2 is 1.91 bits per heavy atom. The number of hydrogen-bond acceptors (Lipinski definition) is 3. The van der Waals surface area contributed by atoms with Crippen LogP contribution in [0, 0.1) is 5.92 Å². The summed E-state index contributed by atoms with van der Waals surface area (Å²) in [6.07, 6.45) is 6.44. The van der Waals surface area contributed by atoms with Crippen molar-refractivity contribution in [1.29, 1.82) is 0 Å². The molecule has 0 radical (unpaired) electrons. The highest BCUT2D eigenvalue weighted by atomic mass is 16.6. The molecule has 4 heteroatoms. The van der Waals surface area contributed by atoms with Crippen LogP contribution in [0.5, 0.6) is 5.75 Å². The number of amides is 1. The average molecular weight is 303 g/mol. The van der Waals surface area contributed by atoms with Gasteiger partial charge in [-0.05, 0) is 43.4 Å². The number of hydrogen-bond donors (Lipinski definition) is 0. The Hall–Kier alpha value is -1.71. The third-order valence-corrected chi connectivity index (χ3v) is 4.54. The van der Waals surface area contributed by atoms with Crippen LogP contribution in [0.1, 0.15) is 44.6 Å². The van der Waals surface area contributed by atoms with E-state index in [1.54, 1.807) is 4.90 Å². The van der Waals surface area contributed by atoms with Crippen LogP contribution in [-0.2, 0) is 11.3 Å². The Bertz CT molecular complexity index is 494. The molecule has 2 fully saturated rings. The molecule has 3 rings (SSSR count). The second-order valence-corrected chi connectivity index (χ2v) is 6.53. The Labute approximate surface area is 132 Å². The molecule has 1 heterocycles. The van der Waals surface area contributed by atoms with Gasteiger partial charge in [-0.2, -0.15) is 0 Å². The van der Waals surface area contributed by atoms with E-state index in [9.17, 15) is 4.79 Å². The van der Waals surface area contributed by atoms with Crippen molar-refractivity contribution >= 4 is 6.09 Å². The number of nitrogens with zero attached hydrogens (tertiary/aromatic N) is 1. The highest BCUT2D eigenvalue weighted by Gasteiger charge is 2.27. The van der Waals surface area contributed by atoms with Crippen LogP contribution in [0.3, 0.4) is 0 Å². The molecule has 2 aliphatic rings. The minimum Gasteiger partial charge on any atom is -0.493 e. The highest BCUT2D eigenvalue weighted by molar-refractivity contribution is 5.69. The zero-order valence-corrected chi connectivity index (χ0v) is 13.3. The summed E-state index contributed by atoms with van der Waals surface area (Å²) < 4.78 is 11.0. The first kappa shape index (κ1) is 15.2. The number of rotatable bonds is 5. The normalized spacial score (nSPS) is 22.7. The Kier molecular flexibility index (Phi) is 4.86. The minimum atomic E-state index is -0.217. The van der Waals surface area contributed by atoms with Gasteiger partial charge in [-0.1, -0.05) is 31.4 Å². The molecule has 1 atom stereocenters. The van der Waals surface area contributed by atoms with E-state index in [1.807, 2.05) is 31.2 Å². The topological polar surface area (TPSA) is 38.8 Å². The fraction of sp³-hybridized carbons (Fsp3) is 0.611. The fourth-order valence-electron chi connectivity index (χ4n) is 3.28. The average Bonchev–Trinajstić information content (AvgIpc) is 2.85. The van der Waals surface area contributed by atoms with Gasteiger partial charge in [0, 0.05) is 6.54 Å². The number of benzene rings is 1. The summed E-state index contributed by atoms with van der Waals surface area (Å²) in [6.45, 7) is 4.01. The molecule has 1 amide bonds. The lowest BCUT2D eigenvalue weighted by atomic mass is 9.90. The Balaban J connectivity index is 1.48. The molecule has 0 N–H and O–H groups in total. The maximum absolute atomic E-state index is 11.6. The first-order valence-corrected chi connectivity index (χ1v) is 8.38. The molecule has 1 aliphatic heterocycles. The minimum absolute atomic E-state index is 0.00870. The van der Waals surface area contributed by atoms with E-state index in [1.165, 1.54) is 32.1 Å². The number of carbonyl (C=O) groups is 1. The molecule has 4 nitrogen and oxygen atoms in total. The summed E-state index contributed by atoms with van der Waals surface area (Å²) in [5.41, 5.74) is 1.11. The van der Waals surface area contributed by atoms with Crippen molar-refractivity contribution in [1.82, 2.24) is 4.90 Å². The lowest BCUT2D eigenvalue weighted by Crippen LogP contribution is -2.24.